The number of benzene rings is 1. The molecule has 0 amide bonds. The number of hydrogen-bond donors (Lipinski definition) is 2. The van der Waals surface area contributed by atoms with Crippen LogP contribution in [0.2, 0.25) is 0 Å². The van der Waals surface area contributed by atoms with Gasteiger partial charge in [0.25, 0.3) is 0 Å². The van der Waals surface area contributed by atoms with Crippen molar-refractivity contribution in [3.05, 3.63) is 34.9 Å². The van der Waals surface area contributed by atoms with E-state index in [1.54, 1.807) is 0 Å². The Labute approximate surface area is 105 Å². The molecule has 0 aromatic heterocycles. The highest BCUT2D eigenvalue weighted by Gasteiger charge is 2.18. The fourth-order valence-electron chi connectivity index (χ4n) is 2.46. The summed E-state index contributed by atoms with van der Waals surface area (Å²) >= 11 is 0. The van der Waals surface area contributed by atoms with E-state index in [4.69, 9.17) is 0 Å². The molecule has 1 aliphatic heterocycles. The average molecular weight is 232 g/mol. The van der Waals surface area contributed by atoms with Crippen LogP contribution in [0.3, 0.4) is 0 Å². The first-order valence-corrected chi connectivity index (χ1v) is 6.70. The summed E-state index contributed by atoms with van der Waals surface area (Å²) in [6, 6.07) is 7.34. The van der Waals surface area contributed by atoms with E-state index in [9.17, 15) is 0 Å². The lowest BCUT2D eigenvalue weighted by Gasteiger charge is -2.28. The largest absolute Gasteiger partial charge is 0.315 e. The summed E-state index contributed by atoms with van der Waals surface area (Å²) in [5, 5.41) is 7.17. The van der Waals surface area contributed by atoms with E-state index in [2.05, 4.69) is 49.6 Å². The van der Waals surface area contributed by atoms with Crippen molar-refractivity contribution in [2.45, 2.75) is 33.2 Å². The van der Waals surface area contributed by atoms with Gasteiger partial charge in [0, 0.05) is 12.6 Å². The smallest absolute Gasteiger partial charge is 0.0449 e. The molecule has 0 spiro atoms. The van der Waals surface area contributed by atoms with Gasteiger partial charge in [-0.1, -0.05) is 37.6 Å². The van der Waals surface area contributed by atoms with E-state index in [-0.39, 0.29) is 0 Å². The maximum atomic E-state index is 3.61. The van der Waals surface area contributed by atoms with Gasteiger partial charge in [-0.15, -0.1) is 0 Å². The summed E-state index contributed by atoms with van der Waals surface area (Å²) < 4.78 is 0. The van der Waals surface area contributed by atoms with Crippen LogP contribution in [0.5, 0.6) is 0 Å². The van der Waals surface area contributed by atoms with Crippen molar-refractivity contribution in [2.24, 2.45) is 5.92 Å². The van der Waals surface area contributed by atoms with Crippen LogP contribution in [0.4, 0.5) is 0 Å². The second-order valence-electron chi connectivity index (χ2n) is 5.51. The lowest BCUT2D eigenvalue weighted by Crippen LogP contribution is -2.37. The van der Waals surface area contributed by atoms with Crippen LogP contribution >= 0.6 is 0 Å². The summed E-state index contributed by atoms with van der Waals surface area (Å²) in [7, 11) is 0. The van der Waals surface area contributed by atoms with Gasteiger partial charge in [0.15, 0.2) is 0 Å². The standard InChI is InChI=1S/C15H24N2/c1-11(2)9-16-10-15-14-8-12(3)4-5-13(14)6-7-17-15/h4-5,8,11,15-17H,6-7,9-10H2,1-3H3. The Hall–Kier alpha value is -0.860. The van der Waals surface area contributed by atoms with Gasteiger partial charge >= 0.3 is 0 Å². The van der Waals surface area contributed by atoms with Crippen LogP contribution in [-0.4, -0.2) is 19.6 Å². The van der Waals surface area contributed by atoms with Crippen molar-refractivity contribution < 1.29 is 0 Å². The topological polar surface area (TPSA) is 24.1 Å². The van der Waals surface area contributed by atoms with Crippen LogP contribution in [-0.2, 0) is 6.42 Å². The monoisotopic (exact) mass is 232 g/mol. The van der Waals surface area contributed by atoms with E-state index >= 15 is 0 Å². The van der Waals surface area contributed by atoms with Crippen LogP contribution in [0, 0.1) is 12.8 Å². The fourth-order valence-corrected chi connectivity index (χ4v) is 2.46. The van der Waals surface area contributed by atoms with Crippen LogP contribution < -0.4 is 10.6 Å². The lowest BCUT2D eigenvalue weighted by molar-refractivity contribution is 0.448. The Morgan fingerprint density at radius 3 is 3.00 bits per heavy atom. The minimum absolute atomic E-state index is 0.484. The highest BCUT2D eigenvalue weighted by molar-refractivity contribution is 5.36. The second kappa shape index (κ2) is 5.65. The molecule has 2 N–H and O–H groups in total. The number of nitrogens with one attached hydrogen (secondary N) is 2. The van der Waals surface area contributed by atoms with Gasteiger partial charge in [0.05, 0.1) is 0 Å². The third-order valence-electron chi connectivity index (χ3n) is 3.36. The number of hydrogen-bond acceptors (Lipinski definition) is 2. The van der Waals surface area contributed by atoms with Crippen LogP contribution in [0.15, 0.2) is 18.2 Å². The van der Waals surface area contributed by atoms with Gasteiger partial charge in [0.2, 0.25) is 0 Å². The highest BCUT2D eigenvalue weighted by Crippen LogP contribution is 2.23. The second-order valence-corrected chi connectivity index (χ2v) is 5.51. The number of rotatable bonds is 4. The van der Waals surface area contributed by atoms with Crippen molar-refractivity contribution in [2.75, 3.05) is 19.6 Å². The van der Waals surface area contributed by atoms with Crippen molar-refractivity contribution in [1.29, 1.82) is 0 Å². The summed E-state index contributed by atoms with van der Waals surface area (Å²) in [4.78, 5) is 0. The van der Waals surface area contributed by atoms with Gasteiger partial charge in [0.1, 0.15) is 0 Å². The summed E-state index contributed by atoms with van der Waals surface area (Å²) in [5.74, 6) is 0.718. The quantitative estimate of drug-likeness (QED) is 0.833. The maximum absolute atomic E-state index is 3.61. The van der Waals surface area contributed by atoms with Gasteiger partial charge in [-0.2, -0.15) is 0 Å². The molecule has 0 bridgehead atoms. The molecule has 94 valence electrons. The van der Waals surface area contributed by atoms with Crippen LogP contribution in [0.25, 0.3) is 0 Å². The number of aryl methyl sites for hydroxylation is 1. The van der Waals surface area contributed by atoms with Crippen molar-refractivity contribution >= 4 is 0 Å². The van der Waals surface area contributed by atoms with Crippen molar-refractivity contribution in [3.63, 3.8) is 0 Å². The average Bonchev–Trinajstić information content (AvgIpc) is 2.29. The molecule has 2 rings (SSSR count). The Morgan fingerprint density at radius 2 is 2.24 bits per heavy atom. The van der Waals surface area contributed by atoms with E-state index in [0.717, 1.165) is 32.0 Å². The molecule has 2 heteroatoms. The Bertz CT molecular complexity index is 371. The predicted octanol–water partition coefficient (Wildman–Crippen LogP) is 2.43. The zero-order valence-corrected chi connectivity index (χ0v) is 11.2. The zero-order valence-electron chi connectivity index (χ0n) is 11.2. The predicted molar refractivity (Wildman–Crippen MR) is 73.3 cm³/mol. The molecular weight excluding hydrogens is 208 g/mol. The summed E-state index contributed by atoms with van der Waals surface area (Å²) in [6.07, 6.45) is 1.16. The zero-order chi connectivity index (χ0) is 12.3. The van der Waals surface area contributed by atoms with E-state index < -0.39 is 0 Å². The molecule has 0 saturated heterocycles. The van der Waals surface area contributed by atoms with Crippen LogP contribution in [0.1, 0.15) is 36.6 Å². The summed E-state index contributed by atoms with van der Waals surface area (Å²) in [6.45, 7) is 9.91. The molecule has 1 aromatic rings. The first-order valence-electron chi connectivity index (χ1n) is 6.70. The SMILES string of the molecule is Cc1ccc2c(c1)C(CNCC(C)C)NCC2. The molecule has 0 aliphatic carbocycles. The molecule has 1 aromatic carbocycles. The van der Waals surface area contributed by atoms with Gasteiger partial charge < -0.3 is 10.6 Å². The Kier molecular flexibility index (Phi) is 4.19. The highest BCUT2D eigenvalue weighted by atomic mass is 15.0. The van der Waals surface area contributed by atoms with Gasteiger partial charge in [-0.3, -0.25) is 0 Å². The molecule has 0 saturated carbocycles. The molecule has 0 radical (unpaired) electrons. The molecule has 1 unspecified atom stereocenters. The third kappa shape index (κ3) is 3.30. The van der Waals surface area contributed by atoms with Gasteiger partial charge in [-0.05, 0) is 43.5 Å². The van der Waals surface area contributed by atoms with Crippen molar-refractivity contribution in [3.8, 4) is 0 Å². The molecule has 0 fully saturated rings. The van der Waals surface area contributed by atoms with Crippen molar-refractivity contribution in [1.82, 2.24) is 10.6 Å². The Morgan fingerprint density at radius 1 is 1.41 bits per heavy atom. The minimum Gasteiger partial charge on any atom is -0.315 e. The van der Waals surface area contributed by atoms with Gasteiger partial charge in [-0.25, -0.2) is 0 Å². The minimum atomic E-state index is 0.484. The maximum Gasteiger partial charge on any atom is 0.0449 e. The lowest BCUT2D eigenvalue weighted by atomic mass is 9.92. The Balaban J connectivity index is 2.03. The summed E-state index contributed by atoms with van der Waals surface area (Å²) in [5.41, 5.74) is 4.37. The van der Waals surface area contributed by atoms with E-state index in [0.29, 0.717) is 6.04 Å². The molecule has 1 aliphatic rings. The first kappa shape index (κ1) is 12.6. The third-order valence-corrected chi connectivity index (χ3v) is 3.36. The first-order chi connectivity index (χ1) is 8.16. The molecule has 1 atom stereocenters. The fraction of sp³-hybridized carbons (Fsp3) is 0.600. The van der Waals surface area contributed by atoms with E-state index in [1.165, 1.54) is 16.7 Å². The normalized spacial score (nSPS) is 19.4. The molecular formula is C15H24N2. The van der Waals surface area contributed by atoms with E-state index in [1.807, 2.05) is 0 Å². The molecule has 1 heterocycles. The molecule has 17 heavy (non-hydrogen) atoms. The number of fused-ring (bicyclic) bond motifs is 1. The molecule has 2 nitrogen and oxygen atoms in total.